The highest BCUT2D eigenvalue weighted by Gasteiger charge is 2.35. The minimum atomic E-state index is -4.56. The van der Waals surface area contributed by atoms with Crippen molar-refractivity contribution in [2.75, 3.05) is 31.8 Å². The average molecular weight is 371 g/mol. The highest BCUT2D eigenvalue weighted by molar-refractivity contribution is 5.79. The van der Waals surface area contributed by atoms with Crippen molar-refractivity contribution in [3.63, 3.8) is 0 Å². The molecule has 0 saturated heterocycles. The summed E-state index contributed by atoms with van der Waals surface area (Å²) in [5.41, 5.74) is 0.0892. The van der Waals surface area contributed by atoms with E-state index in [0.29, 0.717) is 17.6 Å². The maximum atomic E-state index is 12.9. The van der Waals surface area contributed by atoms with Crippen LogP contribution in [0.5, 0.6) is 0 Å². The zero-order valence-electron chi connectivity index (χ0n) is 15.0. The number of aryl methyl sites for hydroxylation is 1. The molecule has 0 aromatic carbocycles. The van der Waals surface area contributed by atoms with E-state index < -0.39 is 17.8 Å². The van der Waals surface area contributed by atoms with Crippen molar-refractivity contribution in [3.05, 3.63) is 23.7 Å². The van der Waals surface area contributed by atoms with Crippen molar-refractivity contribution < 1.29 is 18.0 Å². The number of anilines is 3. The number of carbonyl (C=O) groups excluding carboxylic acids is 1. The summed E-state index contributed by atoms with van der Waals surface area (Å²) in [4.78, 5) is 21.1. The Morgan fingerprint density at radius 1 is 1.35 bits per heavy atom. The van der Waals surface area contributed by atoms with Gasteiger partial charge in [-0.25, -0.2) is 4.98 Å². The number of amides is 1. The zero-order chi connectivity index (χ0) is 19.6. The second-order valence-corrected chi connectivity index (χ2v) is 5.85. The Balaban J connectivity index is 2.28. The summed E-state index contributed by atoms with van der Waals surface area (Å²) in [5.74, 6) is -0.491. The molecule has 8 nitrogen and oxygen atoms in total. The molecule has 0 bridgehead atoms. The Bertz CT molecular complexity index is 801. The maximum Gasteiger partial charge on any atom is 0.421 e. The van der Waals surface area contributed by atoms with E-state index in [4.69, 9.17) is 0 Å². The van der Waals surface area contributed by atoms with Gasteiger partial charge >= 0.3 is 6.18 Å². The Kier molecular flexibility index (Phi) is 5.38. The molecule has 0 radical (unpaired) electrons. The van der Waals surface area contributed by atoms with E-state index >= 15 is 0 Å². The number of carbonyl (C=O) groups is 1. The molecule has 0 aliphatic rings. The van der Waals surface area contributed by atoms with Crippen LogP contribution < -0.4 is 10.6 Å². The Morgan fingerprint density at radius 2 is 2.00 bits per heavy atom. The van der Waals surface area contributed by atoms with E-state index in [1.807, 2.05) is 0 Å². The topological polar surface area (TPSA) is 88.0 Å². The van der Waals surface area contributed by atoms with E-state index in [0.717, 1.165) is 0 Å². The van der Waals surface area contributed by atoms with E-state index in [2.05, 4.69) is 25.7 Å². The van der Waals surface area contributed by atoms with Gasteiger partial charge in [0.05, 0.1) is 11.4 Å². The van der Waals surface area contributed by atoms with Crippen LogP contribution >= 0.6 is 0 Å². The van der Waals surface area contributed by atoms with Crippen LogP contribution in [0.2, 0.25) is 0 Å². The first-order valence-corrected chi connectivity index (χ1v) is 7.70. The number of hydrogen-bond donors (Lipinski definition) is 2. The molecule has 26 heavy (non-hydrogen) atoms. The SMILES string of the molecule is CNc1nc(Nc2cn([C@@H](C)C(=O)N(C)C)nc2C)ncc1C(F)(F)F. The molecule has 2 rings (SSSR count). The molecule has 0 spiro atoms. The fourth-order valence-electron chi connectivity index (χ4n) is 2.25. The van der Waals surface area contributed by atoms with Crippen molar-refractivity contribution >= 4 is 23.4 Å². The molecular formula is C15H20F3N7O. The van der Waals surface area contributed by atoms with Crippen molar-refractivity contribution in [2.24, 2.45) is 0 Å². The molecule has 0 aliphatic heterocycles. The summed E-state index contributed by atoms with van der Waals surface area (Å²) in [6, 6.07) is -0.527. The van der Waals surface area contributed by atoms with Crippen LogP contribution in [0, 0.1) is 6.92 Å². The number of hydrogen-bond acceptors (Lipinski definition) is 6. The maximum absolute atomic E-state index is 12.9. The van der Waals surface area contributed by atoms with Crippen molar-refractivity contribution in [2.45, 2.75) is 26.1 Å². The fourth-order valence-corrected chi connectivity index (χ4v) is 2.25. The van der Waals surface area contributed by atoms with E-state index in [1.165, 1.54) is 16.6 Å². The summed E-state index contributed by atoms with van der Waals surface area (Å²) >= 11 is 0. The Morgan fingerprint density at radius 3 is 2.54 bits per heavy atom. The molecule has 2 N–H and O–H groups in total. The number of likely N-dealkylation sites (N-methyl/N-ethyl adjacent to an activating group) is 1. The molecule has 2 aromatic rings. The van der Waals surface area contributed by atoms with Gasteiger partial charge in [-0.1, -0.05) is 0 Å². The van der Waals surface area contributed by atoms with Crippen LogP contribution in [0.25, 0.3) is 0 Å². The third-order valence-electron chi connectivity index (χ3n) is 3.69. The molecule has 2 heterocycles. The lowest BCUT2D eigenvalue weighted by atomic mass is 10.3. The average Bonchev–Trinajstić information content (AvgIpc) is 2.92. The standard InChI is InChI=1S/C15H20F3N7O/c1-8-11(7-25(23-8)9(2)13(26)24(4)5)21-14-20-6-10(15(16,17)18)12(19-3)22-14/h6-7,9H,1-5H3,(H2,19,20,21,22)/t9-/m0/s1. The predicted molar refractivity (Wildman–Crippen MR) is 90.2 cm³/mol. The van der Waals surface area contributed by atoms with Crippen LogP contribution in [0.3, 0.4) is 0 Å². The fraction of sp³-hybridized carbons (Fsp3) is 0.467. The van der Waals surface area contributed by atoms with Gasteiger partial charge in [-0.05, 0) is 13.8 Å². The Hall–Kier alpha value is -2.85. The molecule has 1 amide bonds. The lowest BCUT2D eigenvalue weighted by Crippen LogP contribution is -2.30. The van der Waals surface area contributed by atoms with Gasteiger partial charge in [-0.15, -0.1) is 0 Å². The number of aromatic nitrogens is 4. The van der Waals surface area contributed by atoms with Gasteiger partial charge < -0.3 is 15.5 Å². The van der Waals surface area contributed by atoms with E-state index in [1.54, 1.807) is 34.1 Å². The second kappa shape index (κ2) is 7.18. The lowest BCUT2D eigenvalue weighted by Gasteiger charge is -2.16. The third kappa shape index (κ3) is 4.03. The highest BCUT2D eigenvalue weighted by Crippen LogP contribution is 2.34. The molecule has 0 fully saturated rings. The van der Waals surface area contributed by atoms with Crippen molar-refractivity contribution in [1.82, 2.24) is 24.6 Å². The van der Waals surface area contributed by atoms with Gasteiger partial charge in [0.1, 0.15) is 17.4 Å². The molecule has 0 aliphatic carbocycles. The second-order valence-electron chi connectivity index (χ2n) is 5.85. The molecule has 11 heteroatoms. The summed E-state index contributed by atoms with van der Waals surface area (Å²) in [6.07, 6.45) is -2.26. The first kappa shape index (κ1) is 19.5. The number of rotatable bonds is 5. The van der Waals surface area contributed by atoms with Crippen molar-refractivity contribution in [1.29, 1.82) is 0 Å². The van der Waals surface area contributed by atoms with Gasteiger partial charge in [-0.2, -0.15) is 23.3 Å². The van der Waals surface area contributed by atoms with Gasteiger partial charge in [0.25, 0.3) is 0 Å². The highest BCUT2D eigenvalue weighted by atomic mass is 19.4. The summed E-state index contributed by atoms with van der Waals surface area (Å²) in [5, 5.41) is 9.51. The van der Waals surface area contributed by atoms with Gasteiger partial charge in [0.15, 0.2) is 0 Å². The van der Waals surface area contributed by atoms with Crippen LogP contribution in [0.4, 0.5) is 30.6 Å². The number of alkyl halides is 3. The Labute approximate surface area is 148 Å². The largest absolute Gasteiger partial charge is 0.421 e. The van der Waals surface area contributed by atoms with Crippen LogP contribution in [0.15, 0.2) is 12.4 Å². The summed E-state index contributed by atoms with van der Waals surface area (Å²) in [7, 11) is 4.63. The summed E-state index contributed by atoms with van der Waals surface area (Å²) < 4.78 is 40.2. The predicted octanol–water partition coefficient (Wildman–Crippen LogP) is 2.43. The quantitative estimate of drug-likeness (QED) is 0.839. The van der Waals surface area contributed by atoms with E-state index in [9.17, 15) is 18.0 Å². The van der Waals surface area contributed by atoms with Gasteiger partial charge in [0, 0.05) is 33.5 Å². The summed E-state index contributed by atoms with van der Waals surface area (Å²) in [6.45, 7) is 3.40. The molecule has 0 unspecified atom stereocenters. The normalized spacial score (nSPS) is 12.6. The smallest absolute Gasteiger partial charge is 0.372 e. The molecular weight excluding hydrogens is 351 g/mol. The minimum Gasteiger partial charge on any atom is -0.372 e. The van der Waals surface area contributed by atoms with Crippen LogP contribution in [0.1, 0.15) is 24.2 Å². The monoisotopic (exact) mass is 371 g/mol. The van der Waals surface area contributed by atoms with Gasteiger partial charge in [0.2, 0.25) is 11.9 Å². The molecule has 0 saturated carbocycles. The first-order chi connectivity index (χ1) is 12.0. The van der Waals surface area contributed by atoms with Crippen molar-refractivity contribution in [3.8, 4) is 0 Å². The first-order valence-electron chi connectivity index (χ1n) is 7.70. The number of nitrogens with zero attached hydrogens (tertiary/aromatic N) is 5. The van der Waals surface area contributed by atoms with Crippen LogP contribution in [-0.4, -0.2) is 51.7 Å². The number of halogens is 3. The molecule has 1 atom stereocenters. The lowest BCUT2D eigenvalue weighted by molar-refractivity contribution is -0.137. The third-order valence-corrected chi connectivity index (χ3v) is 3.69. The molecule has 2 aromatic heterocycles. The minimum absolute atomic E-state index is 0.0170. The van der Waals surface area contributed by atoms with Crippen LogP contribution in [-0.2, 0) is 11.0 Å². The molecule has 142 valence electrons. The number of nitrogens with one attached hydrogen (secondary N) is 2. The van der Waals surface area contributed by atoms with E-state index in [-0.39, 0.29) is 17.7 Å². The zero-order valence-corrected chi connectivity index (χ0v) is 15.0. The van der Waals surface area contributed by atoms with Gasteiger partial charge in [-0.3, -0.25) is 9.48 Å².